The van der Waals surface area contributed by atoms with Crippen molar-refractivity contribution in [3.8, 4) is 11.3 Å². The Balaban J connectivity index is 1.38. The van der Waals surface area contributed by atoms with Gasteiger partial charge >= 0.3 is 0 Å². The van der Waals surface area contributed by atoms with Crippen LogP contribution < -0.4 is 10.2 Å². The second-order valence-electron chi connectivity index (χ2n) is 7.22. The zero-order chi connectivity index (χ0) is 19.6. The molecule has 6 nitrogen and oxygen atoms in total. The number of halogens is 1. The molecule has 5 rings (SSSR count). The predicted octanol–water partition coefficient (Wildman–Crippen LogP) is 4.01. The Kier molecular flexibility index (Phi) is 4.56. The molecule has 2 aromatic carbocycles. The van der Waals surface area contributed by atoms with Crippen molar-refractivity contribution < 1.29 is 4.39 Å². The lowest BCUT2D eigenvalue weighted by Gasteiger charge is -2.34. The smallest absolute Gasteiger partial charge is 0.254 e. The average molecular weight is 388 g/mol. The summed E-state index contributed by atoms with van der Waals surface area (Å²) in [6, 6.07) is 19.2. The monoisotopic (exact) mass is 388 g/mol. The summed E-state index contributed by atoms with van der Waals surface area (Å²) in [5.74, 6) is 1.37. The van der Waals surface area contributed by atoms with Gasteiger partial charge in [0, 0.05) is 30.8 Å². The molecule has 0 radical (unpaired) electrons. The maximum atomic E-state index is 13.9. The summed E-state index contributed by atoms with van der Waals surface area (Å²) in [6.45, 7) is 1.69. The van der Waals surface area contributed by atoms with Crippen molar-refractivity contribution in [2.75, 3.05) is 23.3 Å². The van der Waals surface area contributed by atoms with Crippen LogP contribution in [0.15, 0.2) is 67.0 Å². The fraction of sp³-hybridized carbons (Fsp3) is 0.227. The molecular formula is C22H21FN6. The second-order valence-corrected chi connectivity index (χ2v) is 7.22. The molecule has 1 aliphatic heterocycles. The minimum atomic E-state index is -0.208. The lowest BCUT2D eigenvalue weighted by molar-refractivity contribution is 0.516. The van der Waals surface area contributed by atoms with Crippen LogP contribution in [-0.2, 0) is 0 Å². The fourth-order valence-electron chi connectivity index (χ4n) is 3.83. The van der Waals surface area contributed by atoms with Crippen molar-refractivity contribution in [1.29, 1.82) is 0 Å². The van der Waals surface area contributed by atoms with Crippen molar-refractivity contribution >= 4 is 17.3 Å². The van der Waals surface area contributed by atoms with E-state index in [9.17, 15) is 4.39 Å². The van der Waals surface area contributed by atoms with Gasteiger partial charge in [-0.1, -0.05) is 42.5 Å². The molecule has 1 N–H and O–H groups in total. The first-order valence-corrected chi connectivity index (χ1v) is 9.80. The van der Waals surface area contributed by atoms with Gasteiger partial charge < -0.3 is 10.2 Å². The first-order valence-electron chi connectivity index (χ1n) is 9.80. The molecule has 1 aliphatic rings. The summed E-state index contributed by atoms with van der Waals surface area (Å²) in [7, 11) is 0. The highest BCUT2D eigenvalue weighted by Crippen LogP contribution is 2.27. The predicted molar refractivity (Wildman–Crippen MR) is 111 cm³/mol. The lowest BCUT2D eigenvalue weighted by Crippen LogP contribution is -2.40. The third-order valence-corrected chi connectivity index (χ3v) is 5.36. The Labute approximate surface area is 168 Å². The first-order chi connectivity index (χ1) is 14.3. The molecule has 1 saturated heterocycles. The highest BCUT2D eigenvalue weighted by molar-refractivity contribution is 5.65. The van der Waals surface area contributed by atoms with Gasteiger partial charge in [-0.15, -0.1) is 0 Å². The molecule has 0 saturated carbocycles. The van der Waals surface area contributed by atoms with E-state index in [1.54, 1.807) is 16.6 Å². The first kappa shape index (κ1) is 17.6. The van der Waals surface area contributed by atoms with Crippen LogP contribution in [-0.4, -0.2) is 38.7 Å². The van der Waals surface area contributed by atoms with Crippen LogP contribution in [0.2, 0.25) is 0 Å². The second kappa shape index (κ2) is 7.50. The Morgan fingerprint density at radius 3 is 2.52 bits per heavy atom. The van der Waals surface area contributed by atoms with Crippen molar-refractivity contribution in [3.63, 3.8) is 0 Å². The van der Waals surface area contributed by atoms with Crippen molar-refractivity contribution in [2.24, 2.45) is 0 Å². The summed E-state index contributed by atoms with van der Waals surface area (Å²) in [6.07, 6.45) is 3.36. The fourth-order valence-corrected chi connectivity index (χ4v) is 3.83. The number of piperidine rings is 1. The number of hydrogen-bond donors (Lipinski definition) is 1. The number of anilines is 2. The molecule has 1 fully saturated rings. The van der Waals surface area contributed by atoms with Gasteiger partial charge in [0.05, 0.1) is 11.4 Å². The van der Waals surface area contributed by atoms with Gasteiger partial charge in [0.2, 0.25) is 0 Å². The molecular weight excluding hydrogens is 367 g/mol. The van der Waals surface area contributed by atoms with E-state index in [2.05, 4.69) is 31.3 Å². The number of aromatic nitrogens is 4. The third kappa shape index (κ3) is 3.51. The van der Waals surface area contributed by atoms with Gasteiger partial charge in [-0.2, -0.15) is 14.6 Å². The van der Waals surface area contributed by atoms with Crippen molar-refractivity contribution in [1.82, 2.24) is 19.6 Å². The number of nitrogens with one attached hydrogen (secondary N) is 1. The molecule has 3 heterocycles. The summed E-state index contributed by atoms with van der Waals surface area (Å²) in [4.78, 5) is 11.3. The number of para-hydroxylation sites is 1. The van der Waals surface area contributed by atoms with E-state index in [0.29, 0.717) is 11.5 Å². The van der Waals surface area contributed by atoms with Crippen LogP contribution in [0.5, 0.6) is 0 Å². The van der Waals surface area contributed by atoms with Crippen LogP contribution in [0.4, 0.5) is 15.9 Å². The van der Waals surface area contributed by atoms with Crippen molar-refractivity contribution in [3.05, 3.63) is 72.8 Å². The zero-order valence-corrected chi connectivity index (χ0v) is 15.9. The van der Waals surface area contributed by atoms with Crippen LogP contribution in [0.1, 0.15) is 12.8 Å². The van der Waals surface area contributed by atoms with E-state index >= 15 is 0 Å². The molecule has 7 heteroatoms. The average Bonchev–Trinajstić information content (AvgIpc) is 3.25. The normalized spacial score (nSPS) is 15.0. The minimum Gasteiger partial charge on any atom is -0.380 e. The molecule has 0 spiro atoms. The Morgan fingerprint density at radius 2 is 1.72 bits per heavy atom. The van der Waals surface area contributed by atoms with E-state index in [4.69, 9.17) is 0 Å². The molecule has 0 bridgehead atoms. The van der Waals surface area contributed by atoms with E-state index in [1.165, 1.54) is 12.4 Å². The molecule has 2 aromatic heterocycles. The largest absolute Gasteiger partial charge is 0.380 e. The Morgan fingerprint density at radius 1 is 0.966 bits per heavy atom. The van der Waals surface area contributed by atoms with Gasteiger partial charge in [-0.05, 0) is 25.0 Å². The summed E-state index contributed by atoms with van der Waals surface area (Å²) in [5, 5.41) is 7.70. The van der Waals surface area contributed by atoms with E-state index in [-0.39, 0.29) is 11.9 Å². The van der Waals surface area contributed by atoms with E-state index in [0.717, 1.165) is 43.0 Å². The van der Waals surface area contributed by atoms with Crippen LogP contribution in [0.25, 0.3) is 17.0 Å². The number of hydrogen-bond acceptors (Lipinski definition) is 5. The summed E-state index contributed by atoms with van der Waals surface area (Å²) < 4.78 is 15.7. The molecule has 146 valence electrons. The maximum absolute atomic E-state index is 13.9. The van der Waals surface area contributed by atoms with Gasteiger partial charge in [-0.3, -0.25) is 0 Å². The molecule has 4 aromatic rings. The number of fused-ring (bicyclic) bond motifs is 1. The van der Waals surface area contributed by atoms with Gasteiger partial charge in [-0.25, -0.2) is 9.37 Å². The molecule has 0 unspecified atom stereocenters. The van der Waals surface area contributed by atoms with Gasteiger partial charge in [0.1, 0.15) is 18.0 Å². The van der Waals surface area contributed by atoms with Gasteiger partial charge in [0.25, 0.3) is 5.78 Å². The SMILES string of the molecule is Fc1ccccc1NC1CCN(c2cc(-c3ccccc3)nc3ncnn23)CC1. The summed E-state index contributed by atoms with van der Waals surface area (Å²) in [5.41, 5.74) is 2.50. The van der Waals surface area contributed by atoms with Crippen LogP contribution in [0.3, 0.4) is 0 Å². The number of benzene rings is 2. The maximum Gasteiger partial charge on any atom is 0.254 e. The highest BCUT2D eigenvalue weighted by Gasteiger charge is 2.23. The van der Waals surface area contributed by atoms with Crippen LogP contribution >= 0.6 is 0 Å². The Bertz CT molecular complexity index is 1120. The molecule has 0 atom stereocenters. The topological polar surface area (TPSA) is 58.3 Å². The number of nitrogens with zero attached hydrogens (tertiary/aromatic N) is 5. The van der Waals surface area contributed by atoms with Crippen LogP contribution in [0, 0.1) is 5.82 Å². The van der Waals surface area contributed by atoms with Crippen molar-refractivity contribution in [2.45, 2.75) is 18.9 Å². The van der Waals surface area contributed by atoms with E-state index in [1.807, 2.05) is 36.4 Å². The highest BCUT2D eigenvalue weighted by atomic mass is 19.1. The third-order valence-electron chi connectivity index (χ3n) is 5.36. The van der Waals surface area contributed by atoms with E-state index < -0.39 is 0 Å². The quantitative estimate of drug-likeness (QED) is 0.572. The Hall–Kier alpha value is -3.48. The molecule has 0 aliphatic carbocycles. The van der Waals surface area contributed by atoms with Gasteiger partial charge in [0.15, 0.2) is 0 Å². The minimum absolute atomic E-state index is 0.208. The molecule has 29 heavy (non-hydrogen) atoms. The zero-order valence-electron chi connectivity index (χ0n) is 15.9. The standard InChI is InChI=1S/C22H21FN6/c23-18-8-4-5-9-19(18)26-17-10-12-28(13-11-17)21-14-20(16-6-2-1-3-7-16)27-22-24-15-25-29(21)22/h1-9,14-15,17,26H,10-13H2. The summed E-state index contributed by atoms with van der Waals surface area (Å²) >= 11 is 0. The lowest BCUT2D eigenvalue weighted by atomic mass is 10.0. The number of rotatable bonds is 4. The molecule has 0 amide bonds.